The predicted octanol–water partition coefficient (Wildman–Crippen LogP) is 4.71. The molecule has 210 valence electrons. The first-order valence-electron chi connectivity index (χ1n) is 14.1. The molecule has 9 heteroatoms. The Morgan fingerprint density at radius 1 is 1.07 bits per heavy atom. The zero-order valence-electron chi connectivity index (χ0n) is 23.6. The Balaban J connectivity index is 1.26. The molecule has 2 atom stereocenters. The van der Waals surface area contributed by atoms with Crippen molar-refractivity contribution in [3.63, 3.8) is 0 Å². The normalized spacial score (nSPS) is 19.8. The van der Waals surface area contributed by atoms with Gasteiger partial charge in [0.05, 0.1) is 28.9 Å². The maximum Gasteiger partial charge on any atom is 0.408 e. The lowest BCUT2D eigenvalue weighted by molar-refractivity contribution is 0.0210. The molecule has 2 aromatic carbocycles. The fraction of sp³-hybridized carbons (Fsp3) is 0.452. The number of ether oxygens (including phenoxy) is 1. The predicted molar refractivity (Wildman–Crippen MR) is 154 cm³/mol. The van der Waals surface area contributed by atoms with Crippen LogP contribution in [0.15, 0.2) is 48.5 Å². The number of aromatic nitrogens is 3. The third-order valence-electron chi connectivity index (χ3n) is 7.87. The number of piperidine rings is 1. The van der Waals surface area contributed by atoms with E-state index in [9.17, 15) is 14.7 Å². The summed E-state index contributed by atoms with van der Waals surface area (Å²) in [5.41, 5.74) is 3.89. The van der Waals surface area contributed by atoms with Gasteiger partial charge in [0.15, 0.2) is 5.82 Å². The third-order valence-corrected chi connectivity index (χ3v) is 7.87. The average molecular weight is 544 g/mol. The quantitative estimate of drug-likeness (QED) is 0.380. The molecule has 2 aliphatic rings. The number of nitrogens with zero attached hydrogens (tertiary/aromatic N) is 4. The van der Waals surface area contributed by atoms with Crippen molar-refractivity contribution in [2.75, 3.05) is 13.1 Å². The molecule has 0 radical (unpaired) electrons. The molecule has 0 spiro atoms. The molecule has 4 aromatic rings. The second-order valence-corrected chi connectivity index (χ2v) is 12.2. The number of hydrogen-bond donors (Lipinski definition) is 2. The number of likely N-dealkylation sites (tertiary alicyclic amines) is 1. The topological polar surface area (TPSA) is 102 Å². The van der Waals surface area contributed by atoms with Crippen molar-refractivity contribution in [1.29, 1.82) is 0 Å². The largest absolute Gasteiger partial charge is 0.444 e. The number of imidazole rings is 1. The highest BCUT2D eigenvalue weighted by Crippen LogP contribution is 2.36. The van der Waals surface area contributed by atoms with Crippen LogP contribution in [0.25, 0.3) is 33.5 Å². The van der Waals surface area contributed by atoms with E-state index < -0.39 is 23.8 Å². The standard InChI is InChI=1S/C31H37N5O4/c1-31(2,3)40-30(39)33-23-18-35(14-13-27(23)37)29(38)21-11-12-25-22(15-21)32-28(34(25)4)26-16-20-7-5-6-8-24(20)36(26)17-19-9-10-19/h5-8,11-12,15-16,19,23,27,37H,9-10,13-14,17-18H2,1-4H3,(H,33,39)/t23-,27+/m0/s1. The molecule has 2 aromatic heterocycles. The number of alkyl carbamates (subject to hydrolysis) is 1. The Hall–Kier alpha value is -3.85. The minimum atomic E-state index is -0.750. The van der Waals surface area contributed by atoms with Gasteiger partial charge in [0.2, 0.25) is 0 Å². The number of para-hydroxylation sites is 1. The van der Waals surface area contributed by atoms with E-state index in [2.05, 4.69) is 44.8 Å². The van der Waals surface area contributed by atoms with Gasteiger partial charge in [-0.2, -0.15) is 0 Å². The van der Waals surface area contributed by atoms with Gasteiger partial charge >= 0.3 is 6.09 Å². The van der Waals surface area contributed by atoms with Gasteiger partial charge in [0, 0.05) is 43.1 Å². The Labute approximate surface area is 233 Å². The van der Waals surface area contributed by atoms with Gasteiger partial charge in [-0.3, -0.25) is 4.79 Å². The fourth-order valence-corrected chi connectivity index (χ4v) is 5.62. The zero-order chi connectivity index (χ0) is 28.2. The van der Waals surface area contributed by atoms with Crippen LogP contribution in [0.3, 0.4) is 0 Å². The van der Waals surface area contributed by atoms with Gasteiger partial charge in [-0.25, -0.2) is 9.78 Å². The second kappa shape index (κ2) is 9.96. The number of aryl methyl sites for hydroxylation is 1. The van der Waals surface area contributed by atoms with E-state index in [1.165, 1.54) is 23.7 Å². The summed E-state index contributed by atoms with van der Waals surface area (Å²) < 4.78 is 9.83. The van der Waals surface area contributed by atoms with Crippen molar-refractivity contribution >= 4 is 33.9 Å². The molecular formula is C31H37N5O4. The molecule has 6 rings (SSSR count). The van der Waals surface area contributed by atoms with E-state index in [1.54, 1.807) is 25.7 Å². The Kier molecular flexibility index (Phi) is 6.57. The van der Waals surface area contributed by atoms with Gasteiger partial charge in [-0.05, 0) is 76.3 Å². The van der Waals surface area contributed by atoms with E-state index in [4.69, 9.17) is 9.72 Å². The molecule has 1 saturated heterocycles. The van der Waals surface area contributed by atoms with Crippen LogP contribution in [0.4, 0.5) is 4.79 Å². The lowest BCUT2D eigenvalue weighted by Gasteiger charge is -2.36. The first-order chi connectivity index (χ1) is 19.1. The molecule has 0 bridgehead atoms. The Bertz CT molecular complexity index is 1590. The number of fused-ring (bicyclic) bond motifs is 2. The van der Waals surface area contributed by atoms with Crippen molar-refractivity contribution in [2.45, 2.75) is 64.3 Å². The van der Waals surface area contributed by atoms with Gasteiger partial charge in [0.25, 0.3) is 5.91 Å². The average Bonchev–Trinajstić information content (AvgIpc) is 3.57. The van der Waals surface area contributed by atoms with E-state index in [-0.39, 0.29) is 12.5 Å². The number of rotatable bonds is 5. The molecule has 1 saturated carbocycles. The van der Waals surface area contributed by atoms with E-state index >= 15 is 0 Å². The van der Waals surface area contributed by atoms with E-state index in [1.807, 2.05) is 25.2 Å². The minimum absolute atomic E-state index is 0.153. The van der Waals surface area contributed by atoms with Crippen LogP contribution in [0.5, 0.6) is 0 Å². The second-order valence-electron chi connectivity index (χ2n) is 12.2. The maximum atomic E-state index is 13.5. The zero-order valence-corrected chi connectivity index (χ0v) is 23.6. The van der Waals surface area contributed by atoms with Crippen molar-refractivity contribution in [3.05, 3.63) is 54.1 Å². The molecule has 2 fully saturated rings. The molecule has 40 heavy (non-hydrogen) atoms. The van der Waals surface area contributed by atoms with Crippen LogP contribution in [-0.4, -0.2) is 67.0 Å². The van der Waals surface area contributed by atoms with E-state index in [0.29, 0.717) is 24.4 Å². The number of carbonyl (C=O) groups excluding carboxylic acids is 2. The molecule has 0 unspecified atom stereocenters. The highest BCUT2D eigenvalue weighted by Gasteiger charge is 2.33. The maximum absolute atomic E-state index is 13.5. The lowest BCUT2D eigenvalue weighted by atomic mass is 10.0. The highest BCUT2D eigenvalue weighted by atomic mass is 16.6. The van der Waals surface area contributed by atoms with Gasteiger partial charge in [-0.15, -0.1) is 0 Å². The first-order valence-corrected chi connectivity index (χ1v) is 14.1. The van der Waals surface area contributed by atoms with Crippen molar-refractivity contribution in [1.82, 2.24) is 24.3 Å². The highest BCUT2D eigenvalue weighted by molar-refractivity contribution is 5.98. The molecule has 2 amide bonds. The summed E-state index contributed by atoms with van der Waals surface area (Å²) >= 11 is 0. The van der Waals surface area contributed by atoms with Gasteiger partial charge in [-0.1, -0.05) is 18.2 Å². The molecule has 1 aliphatic heterocycles. The summed E-state index contributed by atoms with van der Waals surface area (Å²) in [7, 11) is 2.02. The van der Waals surface area contributed by atoms with Crippen LogP contribution < -0.4 is 5.32 Å². The number of hydrogen-bond acceptors (Lipinski definition) is 5. The number of benzene rings is 2. The van der Waals surface area contributed by atoms with Crippen molar-refractivity contribution in [3.8, 4) is 11.5 Å². The number of nitrogens with one attached hydrogen (secondary N) is 1. The molecule has 2 N–H and O–H groups in total. The molecule has 3 heterocycles. The summed E-state index contributed by atoms with van der Waals surface area (Å²) in [6, 6.07) is 15.7. The number of aliphatic hydroxyl groups is 1. The summed E-state index contributed by atoms with van der Waals surface area (Å²) in [6.45, 7) is 6.93. The van der Waals surface area contributed by atoms with Crippen LogP contribution in [0.1, 0.15) is 50.4 Å². The number of aliphatic hydroxyl groups excluding tert-OH is 1. The molecule has 9 nitrogen and oxygen atoms in total. The van der Waals surface area contributed by atoms with Gasteiger partial charge < -0.3 is 29.2 Å². The summed E-state index contributed by atoms with van der Waals surface area (Å²) in [6.07, 6.45) is 1.55. The SMILES string of the molecule is Cn1c(-c2cc3ccccc3n2CC2CC2)nc2cc(C(=O)N3CC[C@@H](O)[C@@H](NC(=O)OC(C)(C)C)C3)ccc21. The van der Waals surface area contributed by atoms with Gasteiger partial charge in [0.1, 0.15) is 5.60 Å². The molecule has 1 aliphatic carbocycles. The summed E-state index contributed by atoms with van der Waals surface area (Å²) in [4.78, 5) is 32.5. The summed E-state index contributed by atoms with van der Waals surface area (Å²) in [5, 5.41) is 14.4. The van der Waals surface area contributed by atoms with E-state index in [0.717, 1.165) is 29.1 Å². The fourth-order valence-electron chi connectivity index (χ4n) is 5.62. The van der Waals surface area contributed by atoms with Crippen molar-refractivity contribution < 1.29 is 19.4 Å². The smallest absolute Gasteiger partial charge is 0.408 e. The lowest BCUT2D eigenvalue weighted by Crippen LogP contribution is -2.57. The van der Waals surface area contributed by atoms with Crippen LogP contribution in [0.2, 0.25) is 0 Å². The summed E-state index contributed by atoms with van der Waals surface area (Å²) in [5.74, 6) is 1.43. The number of amides is 2. The van der Waals surface area contributed by atoms with Crippen LogP contribution in [0, 0.1) is 5.92 Å². The molecular weight excluding hydrogens is 506 g/mol. The minimum Gasteiger partial charge on any atom is -0.444 e. The number of carbonyl (C=O) groups is 2. The monoisotopic (exact) mass is 543 g/mol. The Morgan fingerprint density at radius 2 is 1.85 bits per heavy atom. The van der Waals surface area contributed by atoms with Crippen LogP contribution >= 0.6 is 0 Å². The first kappa shape index (κ1) is 26.4. The van der Waals surface area contributed by atoms with Crippen LogP contribution in [-0.2, 0) is 18.3 Å². The Morgan fingerprint density at radius 3 is 2.60 bits per heavy atom. The van der Waals surface area contributed by atoms with Crippen molar-refractivity contribution in [2.24, 2.45) is 13.0 Å². The third kappa shape index (κ3) is 5.18.